The lowest BCUT2D eigenvalue weighted by Crippen LogP contribution is -2.35. The van der Waals surface area contributed by atoms with Gasteiger partial charge in [0.1, 0.15) is 17.4 Å². The highest BCUT2D eigenvalue weighted by Crippen LogP contribution is 2.24. The Morgan fingerprint density at radius 3 is 2.63 bits per heavy atom. The Morgan fingerprint density at radius 2 is 2.00 bits per heavy atom. The van der Waals surface area contributed by atoms with E-state index in [1.54, 1.807) is 0 Å². The molecular weight excluding hydrogens is 349 g/mol. The highest BCUT2D eigenvalue weighted by atomic mass is 19.1. The summed E-state index contributed by atoms with van der Waals surface area (Å²) >= 11 is 0. The fourth-order valence-electron chi connectivity index (χ4n) is 2.79. The summed E-state index contributed by atoms with van der Waals surface area (Å²) in [5.74, 6) is -0.326. The van der Waals surface area contributed by atoms with Crippen LogP contribution in [0.1, 0.15) is 42.6 Å². The number of carbonyl (C=O) groups excluding carboxylic acids is 1. The summed E-state index contributed by atoms with van der Waals surface area (Å²) in [4.78, 5) is 21.0. The van der Waals surface area contributed by atoms with Crippen LogP contribution in [0.25, 0.3) is 0 Å². The van der Waals surface area contributed by atoms with Gasteiger partial charge in [0.2, 0.25) is 11.7 Å². The molecule has 7 nitrogen and oxygen atoms in total. The van der Waals surface area contributed by atoms with Gasteiger partial charge in [0.05, 0.1) is 18.2 Å². The van der Waals surface area contributed by atoms with Crippen LogP contribution in [-0.2, 0) is 0 Å². The first kappa shape index (κ1) is 20.6. The normalized spacial score (nSPS) is 14.1. The molecular formula is C19H26FN5O2. The number of hydrogen-bond acceptors (Lipinski definition) is 7. The molecule has 0 amide bonds. The van der Waals surface area contributed by atoms with Crippen molar-refractivity contribution in [1.82, 2.24) is 15.3 Å². The van der Waals surface area contributed by atoms with Crippen LogP contribution >= 0.6 is 0 Å². The second kappa shape index (κ2) is 9.82. The Hall–Kier alpha value is -2.74. The molecule has 0 saturated carbocycles. The third-order valence-electron chi connectivity index (χ3n) is 4.14. The monoisotopic (exact) mass is 375 g/mol. The first-order valence-corrected chi connectivity index (χ1v) is 9.06. The molecule has 3 rings (SSSR count). The number of nitrogen functional groups attached to an aromatic ring is 1. The van der Waals surface area contributed by atoms with Crippen LogP contribution in [0.15, 0.2) is 24.4 Å². The zero-order valence-electron chi connectivity index (χ0n) is 15.9. The van der Waals surface area contributed by atoms with E-state index in [-0.39, 0.29) is 28.7 Å². The minimum absolute atomic E-state index is 0.0442. The lowest BCUT2D eigenvalue weighted by molar-refractivity contribution is 0.103. The number of aromatic nitrogens is 2. The Kier molecular flexibility index (Phi) is 7.48. The molecule has 2 heterocycles. The zero-order valence-corrected chi connectivity index (χ0v) is 15.9. The van der Waals surface area contributed by atoms with Crippen molar-refractivity contribution in [1.29, 1.82) is 0 Å². The van der Waals surface area contributed by atoms with Crippen molar-refractivity contribution in [2.75, 3.05) is 31.2 Å². The average Bonchev–Trinajstić information content (AvgIpc) is 2.70. The molecule has 27 heavy (non-hydrogen) atoms. The number of nitrogens with one attached hydrogen (secondary N) is 2. The Labute approximate surface area is 158 Å². The van der Waals surface area contributed by atoms with Crippen molar-refractivity contribution >= 4 is 17.5 Å². The molecule has 4 N–H and O–H groups in total. The number of methoxy groups -OCH3 is 1. The van der Waals surface area contributed by atoms with Crippen molar-refractivity contribution in [3.8, 4) is 5.75 Å². The van der Waals surface area contributed by atoms with Gasteiger partial charge in [-0.3, -0.25) is 4.79 Å². The highest BCUT2D eigenvalue weighted by molar-refractivity contribution is 6.13. The largest absolute Gasteiger partial charge is 0.496 e. The molecule has 0 spiro atoms. The summed E-state index contributed by atoms with van der Waals surface area (Å²) in [6.07, 6.45) is 3.29. The maximum absolute atomic E-state index is 13.5. The number of halogens is 1. The Balaban J connectivity index is 0.00000126. The standard InChI is InChI=1S/C17H20FN5O2.C2H6/c1-25-14-3-2-10(18)8-12(14)15(24)13-9-21-17(23-16(13)19)22-11-4-6-20-7-5-11;1-2/h2-3,8-9,11,20H,4-7H2,1H3,(H3,19,21,22,23);1-2H3. The van der Waals surface area contributed by atoms with Gasteiger partial charge in [-0.25, -0.2) is 9.37 Å². The second-order valence-electron chi connectivity index (χ2n) is 5.83. The molecule has 8 heteroatoms. The first-order chi connectivity index (χ1) is 13.1. The quantitative estimate of drug-likeness (QED) is 0.691. The fraction of sp³-hybridized carbons (Fsp3) is 0.421. The maximum Gasteiger partial charge on any atom is 0.224 e. The topological polar surface area (TPSA) is 102 Å². The van der Waals surface area contributed by atoms with E-state index in [2.05, 4.69) is 20.6 Å². The molecule has 146 valence electrons. The van der Waals surface area contributed by atoms with Gasteiger partial charge in [-0.2, -0.15) is 4.98 Å². The Bertz CT molecular complexity index is 779. The van der Waals surface area contributed by atoms with Crippen molar-refractivity contribution < 1.29 is 13.9 Å². The van der Waals surface area contributed by atoms with Crippen LogP contribution in [0.4, 0.5) is 16.2 Å². The number of benzene rings is 1. The molecule has 0 radical (unpaired) electrons. The lowest BCUT2D eigenvalue weighted by Gasteiger charge is -2.23. The molecule has 2 aromatic rings. The fourth-order valence-corrected chi connectivity index (χ4v) is 2.79. The number of piperidine rings is 1. The number of anilines is 2. The van der Waals surface area contributed by atoms with Gasteiger partial charge in [0.25, 0.3) is 0 Å². The smallest absolute Gasteiger partial charge is 0.224 e. The molecule has 1 saturated heterocycles. The minimum Gasteiger partial charge on any atom is -0.496 e. The van der Waals surface area contributed by atoms with E-state index < -0.39 is 11.6 Å². The third-order valence-corrected chi connectivity index (χ3v) is 4.14. The van der Waals surface area contributed by atoms with Gasteiger partial charge < -0.3 is 21.1 Å². The number of ether oxygens (including phenoxy) is 1. The van der Waals surface area contributed by atoms with Gasteiger partial charge >= 0.3 is 0 Å². The van der Waals surface area contributed by atoms with Gasteiger partial charge in [-0.05, 0) is 44.1 Å². The van der Waals surface area contributed by atoms with E-state index in [0.29, 0.717) is 5.95 Å². The predicted molar refractivity (Wildman–Crippen MR) is 104 cm³/mol. The van der Waals surface area contributed by atoms with Crippen LogP contribution in [0, 0.1) is 5.82 Å². The molecule has 1 aliphatic rings. The molecule has 1 aliphatic heterocycles. The summed E-state index contributed by atoms with van der Waals surface area (Å²) in [7, 11) is 1.41. The van der Waals surface area contributed by atoms with E-state index in [1.165, 1.54) is 25.4 Å². The van der Waals surface area contributed by atoms with Gasteiger partial charge in [-0.1, -0.05) is 13.8 Å². The first-order valence-electron chi connectivity index (χ1n) is 9.06. The van der Waals surface area contributed by atoms with E-state index >= 15 is 0 Å². The lowest BCUT2D eigenvalue weighted by atomic mass is 10.0. The van der Waals surface area contributed by atoms with Crippen molar-refractivity contribution in [2.24, 2.45) is 0 Å². The summed E-state index contributed by atoms with van der Waals surface area (Å²) in [5, 5.41) is 6.50. The zero-order chi connectivity index (χ0) is 19.8. The van der Waals surface area contributed by atoms with Gasteiger partial charge in [0.15, 0.2) is 0 Å². The molecule has 0 bridgehead atoms. The van der Waals surface area contributed by atoms with Crippen LogP contribution in [-0.4, -0.2) is 42.0 Å². The second-order valence-corrected chi connectivity index (χ2v) is 5.83. The van der Waals surface area contributed by atoms with E-state index in [1.807, 2.05) is 13.8 Å². The van der Waals surface area contributed by atoms with Crippen molar-refractivity contribution in [3.63, 3.8) is 0 Å². The number of nitrogens with two attached hydrogens (primary N) is 1. The van der Waals surface area contributed by atoms with Gasteiger partial charge in [0, 0.05) is 12.2 Å². The summed E-state index contributed by atoms with van der Waals surface area (Å²) in [6, 6.07) is 4.00. The van der Waals surface area contributed by atoms with Gasteiger partial charge in [-0.15, -0.1) is 0 Å². The predicted octanol–water partition coefficient (Wildman–Crippen LogP) is 2.63. The highest BCUT2D eigenvalue weighted by Gasteiger charge is 2.20. The molecule has 0 aliphatic carbocycles. The molecule has 1 aromatic heterocycles. The number of nitrogens with zero attached hydrogens (tertiary/aromatic N) is 2. The van der Waals surface area contributed by atoms with Crippen LogP contribution in [0.5, 0.6) is 5.75 Å². The number of hydrogen-bond donors (Lipinski definition) is 3. The summed E-state index contributed by atoms with van der Waals surface area (Å²) in [5.41, 5.74) is 6.13. The molecule has 1 fully saturated rings. The van der Waals surface area contributed by atoms with E-state index in [4.69, 9.17) is 10.5 Å². The average molecular weight is 375 g/mol. The minimum atomic E-state index is -0.534. The summed E-state index contributed by atoms with van der Waals surface area (Å²) < 4.78 is 18.6. The van der Waals surface area contributed by atoms with Crippen molar-refractivity contribution in [2.45, 2.75) is 32.7 Å². The molecule has 0 atom stereocenters. The number of ketones is 1. The maximum atomic E-state index is 13.5. The van der Waals surface area contributed by atoms with Crippen molar-refractivity contribution in [3.05, 3.63) is 41.3 Å². The van der Waals surface area contributed by atoms with Crippen LogP contribution in [0.2, 0.25) is 0 Å². The Morgan fingerprint density at radius 1 is 1.30 bits per heavy atom. The third kappa shape index (κ3) is 5.13. The van der Waals surface area contributed by atoms with Crippen LogP contribution < -0.4 is 21.1 Å². The van der Waals surface area contributed by atoms with E-state index in [0.717, 1.165) is 32.0 Å². The summed E-state index contributed by atoms with van der Waals surface area (Å²) in [6.45, 7) is 5.87. The molecule has 0 unspecified atom stereocenters. The number of rotatable bonds is 5. The van der Waals surface area contributed by atoms with Crippen LogP contribution in [0.3, 0.4) is 0 Å². The SMILES string of the molecule is CC.COc1ccc(F)cc1C(=O)c1cnc(NC2CCNCC2)nc1N. The number of carbonyl (C=O) groups is 1. The van der Waals surface area contributed by atoms with E-state index in [9.17, 15) is 9.18 Å². The molecule has 1 aromatic carbocycles.